The highest BCUT2D eigenvalue weighted by molar-refractivity contribution is 6.31. The second-order valence-corrected chi connectivity index (χ2v) is 9.23. The molecule has 2 amide bonds. The quantitative estimate of drug-likeness (QED) is 0.279. The van der Waals surface area contributed by atoms with Gasteiger partial charge in [-0.05, 0) is 64.9 Å². The topological polar surface area (TPSA) is 142 Å². The van der Waals surface area contributed by atoms with Crippen molar-refractivity contribution in [2.45, 2.75) is 19.0 Å². The lowest BCUT2D eigenvalue weighted by Crippen LogP contribution is -2.39. The number of nitrogens with one attached hydrogen (secondary N) is 2. The van der Waals surface area contributed by atoms with E-state index in [-0.39, 0.29) is 11.9 Å². The van der Waals surface area contributed by atoms with Crippen LogP contribution in [0.3, 0.4) is 0 Å². The van der Waals surface area contributed by atoms with Gasteiger partial charge in [0, 0.05) is 21.8 Å². The van der Waals surface area contributed by atoms with E-state index < -0.39 is 6.09 Å². The van der Waals surface area contributed by atoms with Crippen molar-refractivity contribution in [1.29, 1.82) is 0 Å². The van der Waals surface area contributed by atoms with Crippen LogP contribution >= 0.6 is 11.6 Å². The molecule has 1 unspecified atom stereocenters. The first-order chi connectivity index (χ1) is 19.5. The van der Waals surface area contributed by atoms with E-state index in [4.69, 9.17) is 11.6 Å². The second kappa shape index (κ2) is 12.2. The monoisotopic (exact) mass is 557 g/mol. The predicted octanol–water partition coefficient (Wildman–Crippen LogP) is 3.79. The third-order valence-corrected chi connectivity index (χ3v) is 6.25. The summed E-state index contributed by atoms with van der Waals surface area (Å²) in [5, 5.41) is 26.2. The molecule has 5 aromatic rings. The molecule has 0 aliphatic rings. The van der Waals surface area contributed by atoms with Crippen LogP contribution in [0.1, 0.15) is 15.9 Å². The zero-order chi connectivity index (χ0) is 27.9. The number of methoxy groups -OCH3 is 1. The number of ether oxygens (including phenoxy) is 1. The van der Waals surface area contributed by atoms with Crippen molar-refractivity contribution in [3.8, 4) is 16.9 Å². The molecule has 5 rings (SSSR count). The molecule has 2 aromatic heterocycles. The Morgan fingerprint density at radius 2 is 1.82 bits per heavy atom. The van der Waals surface area contributed by atoms with Crippen molar-refractivity contribution < 1.29 is 14.3 Å². The molecule has 0 saturated carbocycles. The van der Waals surface area contributed by atoms with Crippen molar-refractivity contribution in [2.75, 3.05) is 12.4 Å². The van der Waals surface area contributed by atoms with Gasteiger partial charge in [0.2, 0.25) is 0 Å². The highest BCUT2D eigenvalue weighted by Gasteiger charge is 2.18. The summed E-state index contributed by atoms with van der Waals surface area (Å²) in [5.41, 5.74) is 3.99. The van der Waals surface area contributed by atoms with Crippen LogP contribution in [0.15, 0.2) is 85.3 Å². The van der Waals surface area contributed by atoms with E-state index in [0.29, 0.717) is 46.2 Å². The van der Waals surface area contributed by atoms with Crippen LogP contribution in [-0.4, -0.2) is 60.4 Å². The maximum absolute atomic E-state index is 13.2. The molecule has 13 heteroatoms. The fraction of sp³-hybridized carbons (Fsp3) is 0.148. The van der Waals surface area contributed by atoms with Crippen molar-refractivity contribution in [2.24, 2.45) is 0 Å². The van der Waals surface area contributed by atoms with Gasteiger partial charge in [0.05, 0.1) is 31.6 Å². The van der Waals surface area contributed by atoms with Gasteiger partial charge >= 0.3 is 6.09 Å². The van der Waals surface area contributed by atoms with E-state index in [0.717, 1.165) is 5.56 Å². The standard InChI is InChI=1S/C27H24ClN9O3/c1-40-27(39)31-21-10-7-19(8-11-21)26(38)30-22(13-18-5-3-2-4-6-18)15-36-16-24(32-34-36)23-14-20(28)9-12-25(23)37-17-29-33-35-37/h2-12,14,16-17,22H,13,15H2,1H3,(H,30,38)(H,31,39). The highest BCUT2D eigenvalue weighted by Crippen LogP contribution is 2.27. The molecule has 0 aliphatic heterocycles. The molecule has 40 heavy (non-hydrogen) atoms. The van der Waals surface area contributed by atoms with Crippen LogP contribution in [0.4, 0.5) is 10.5 Å². The van der Waals surface area contributed by atoms with Crippen LogP contribution in [0.5, 0.6) is 0 Å². The Hall–Kier alpha value is -5.10. The molecule has 202 valence electrons. The van der Waals surface area contributed by atoms with Gasteiger partial charge in [-0.15, -0.1) is 10.2 Å². The smallest absolute Gasteiger partial charge is 0.411 e. The summed E-state index contributed by atoms with van der Waals surface area (Å²) in [5.74, 6) is -0.262. The number of hydrogen-bond acceptors (Lipinski definition) is 8. The van der Waals surface area contributed by atoms with Crippen molar-refractivity contribution in [1.82, 2.24) is 40.5 Å². The second-order valence-electron chi connectivity index (χ2n) is 8.80. The predicted molar refractivity (Wildman–Crippen MR) is 147 cm³/mol. The normalized spacial score (nSPS) is 11.6. The number of tetrazole rings is 1. The SMILES string of the molecule is COC(=O)Nc1ccc(C(=O)NC(Cc2ccccc2)Cn2cc(-c3cc(Cl)ccc3-n3cnnn3)nn2)cc1. The summed E-state index contributed by atoms with van der Waals surface area (Å²) >= 11 is 6.28. The highest BCUT2D eigenvalue weighted by atomic mass is 35.5. The molecule has 2 heterocycles. The van der Waals surface area contributed by atoms with E-state index in [2.05, 4.69) is 41.2 Å². The third kappa shape index (κ3) is 6.48. The molecule has 0 radical (unpaired) electrons. The molecular formula is C27H24ClN9O3. The number of benzene rings is 3. The number of carbonyl (C=O) groups is 2. The van der Waals surface area contributed by atoms with Gasteiger partial charge in [-0.3, -0.25) is 10.1 Å². The van der Waals surface area contributed by atoms with E-state index in [1.807, 2.05) is 30.3 Å². The fourth-order valence-corrected chi connectivity index (χ4v) is 4.30. The van der Waals surface area contributed by atoms with Crippen LogP contribution in [0, 0.1) is 0 Å². The Balaban J connectivity index is 1.36. The zero-order valence-electron chi connectivity index (χ0n) is 21.3. The minimum atomic E-state index is -0.588. The summed E-state index contributed by atoms with van der Waals surface area (Å²) < 4.78 is 7.80. The average Bonchev–Trinajstić information content (AvgIpc) is 3.67. The molecule has 0 bridgehead atoms. The van der Waals surface area contributed by atoms with Crippen molar-refractivity contribution in [3.63, 3.8) is 0 Å². The molecule has 0 saturated heterocycles. The Kier molecular flexibility index (Phi) is 8.07. The van der Waals surface area contributed by atoms with Crippen molar-refractivity contribution in [3.05, 3.63) is 101 Å². The summed E-state index contributed by atoms with van der Waals surface area (Å²) in [4.78, 5) is 24.6. The summed E-state index contributed by atoms with van der Waals surface area (Å²) in [6, 6.07) is 21.4. The minimum Gasteiger partial charge on any atom is -0.453 e. The number of amides is 2. The third-order valence-electron chi connectivity index (χ3n) is 6.02. The van der Waals surface area contributed by atoms with Crippen molar-refractivity contribution >= 4 is 29.3 Å². The van der Waals surface area contributed by atoms with E-state index >= 15 is 0 Å². The number of carbonyl (C=O) groups excluding carboxylic acids is 2. The molecule has 12 nitrogen and oxygen atoms in total. The molecular weight excluding hydrogens is 534 g/mol. The lowest BCUT2D eigenvalue weighted by Gasteiger charge is -2.19. The Morgan fingerprint density at radius 3 is 2.55 bits per heavy atom. The van der Waals surface area contributed by atoms with Crippen LogP contribution in [0.2, 0.25) is 5.02 Å². The van der Waals surface area contributed by atoms with Crippen LogP contribution in [0.25, 0.3) is 16.9 Å². The molecule has 2 N–H and O–H groups in total. The lowest BCUT2D eigenvalue weighted by atomic mass is 10.0. The number of halogens is 1. The van der Waals surface area contributed by atoms with Gasteiger partial charge in [0.25, 0.3) is 5.91 Å². The Bertz CT molecular complexity index is 1590. The van der Waals surface area contributed by atoms with Gasteiger partial charge in [0.1, 0.15) is 12.0 Å². The van der Waals surface area contributed by atoms with Gasteiger partial charge in [-0.1, -0.05) is 47.1 Å². The van der Waals surface area contributed by atoms with E-state index in [1.165, 1.54) is 18.1 Å². The van der Waals surface area contributed by atoms with Crippen LogP contribution in [-0.2, 0) is 17.7 Å². The molecule has 1 atom stereocenters. The number of anilines is 1. The first kappa shape index (κ1) is 26.5. The Labute approximate surface area is 233 Å². The fourth-order valence-electron chi connectivity index (χ4n) is 4.12. The lowest BCUT2D eigenvalue weighted by molar-refractivity contribution is 0.0932. The summed E-state index contributed by atoms with van der Waals surface area (Å²) in [7, 11) is 1.28. The van der Waals surface area contributed by atoms with Gasteiger partial charge in [-0.25, -0.2) is 9.48 Å². The largest absolute Gasteiger partial charge is 0.453 e. The van der Waals surface area contributed by atoms with Gasteiger partial charge in [0.15, 0.2) is 0 Å². The van der Waals surface area contributed by atoms with Crippen LogP contribution < -0.4 is 10.6 Å². The molecule has 0 fully saturated rings. The Morgan fingerprint density at radius 1 is 1.02 bits per heavy atom. The first-order valence-corrected chi connectivity index (χ1v) is 12.6. The van der Waals surface area contributed by atoms with E-state index in [1.54, 1.807) is 53.3 Å². The maximum atomic E-state index is 13.2. The number of nitrogens with zero attached hydrogens (tertiary/aromatic N) is 7. The number of rotatable bonds is 9. The zero-order valence-corrected chi connectivity index (χ0v) is 22.1. The van der Waals surface area contributed by atoms with Gasteiger partial charge < -0.3 is 10.1 Å². The minimum absolute atomic E-state index is 0.262. The number of aromatic nitrogens is 7. The summed E-state index contributed by atoms with van der Waals surface area (Å²) in [6.07, 6.45) is 3.25. The molecule has 0 spiro atoms. The van der Waals surface area contributed by atoms with E-state index in [9.17, 15) is 9.59 Å². The summed E-state index contributed by atoms with van der Waals surface area (Å²) in [6.45, 7) is 0.358. The molecule has 3 aromatic carbocycles. The number of hydrogen-bond donors (Lipinski definition) is 2. The maximum Gasteiger partial charge on any atom is 0.411 e. The molecule has 0 aliphatic carbocycles. The van der Waals surface area contributed by atoms with Gasteiger partial charge in [-0.2, -0.15) is 4.68 Å². The average molecular weight is 558 g/mol. The first-order valence-electron chi connectivity index (χ1n) is 12.2.